The van der Waals surface area contributed by atoms with Crippen molar-refractivity contribution < 1.29 is 19.1 Å². The fraction of sp³-hybridized carbons (Fsp3) is 0.273. The molecule has 1 aromatic heterocycles. The highest BCUT2D eigenvalue weighted by Crippen LogP contribution is 2.30. The van der Waals surface area contributed by atoms with Crippen molar-refractivity contribution in [3.8, 4) is 0 Å². The van der Waals surface area contributed by atoms with Gasteiger partial charge in [0.1, 0.15) is 5.57 Å². The van der Waals surface area contributed by atoms with Crippen LogP contribution in [0.1, 0.15) is 26.7 Å². The Balaban J connectivity index is 1.62. The van der Waals surface area contributed by atoms with Gasteiger partial charge in [0, 0.05) is 41.7 Å². The van der Waals surface area contributed by atoms with Crippen LogP contribution >= 0.6 is 0 Å². The van der Waals surface area contributed by atoms with E-state index in [0.717, 1.165) is 11.0 Å². The molecule has 1 saturated heterocycles. The molecular formula is C22H21NO4. The first-order valence-electron chi connectivity index (χ1n) is 9.15. The van der Waals surface area contributed by atoms with Crippen molar-refractivity contribution in [3.63, 3.8) is 0 Å². The second-order valence-corrected chi connectivity index (χ2v) is 6.86. The Hall–Kier alpha value is -3.08. The van der Waals surface area contributed by atoms with Crippen LogP contribution in [-0.2, 0) is 25.6 Å². The number of hydrogen-bond donors (Lipinski definition) is 0. The van der Waals surface area contributed by atoms with Gasteiger partial charge in [-0.3, -0.25) is 0 Å². The number of cyclic esters (lactones) is 2. The average molecular weight is 363 g/mol. The van der Waals surface area contributed by atoms with E-state index < -0.39 is 17.7 Å². The second kappa shape index (κ2) is 6.58. The Bertz CT molecular complexity index is 1000. The van der Waals surface area contributed by atoms with Crippen molar-refractivity contribution in [1.29, 1.82) is 0 Å². The molecule has 5 heteroatoms. The minimum absolute atomic E-state index is 0.0262. The highest BCUT2D eigenvalue weighted by Gasteiger charge is 2.40. The molecule has 0 aliphatic carbocycles. The molecule has 2 aromatic carbocycles. The summed E-state index contributed by atoms with van der Waals surface area (Å²) in [6.45, 7) is 4.04. The van der Waals surface area contributed by atoms with Crippen molar-refractivity contribution in [2.24, 2.45) is 0 Å². The number of benzene rings is 2. The quantitative estimate of drug-likeness (QED) is 0.393. The Morgan fingerprint density at radius 2 is 1.44 bits per heavy atom. The van der Waals surface area contributed by atoms with E-state index in [2.05, 4.69) is 28.8 Å². The second-order valence-electron chi connectivity index (χ2n) is 6.86. The van der Waals surface area contributed by atoms with Crippen LogP contribution in [0.15, 0.2) is 60.2 Å². The molecule has 0 atom stereocenters. The van der Waals surface area contributed by atoms with Crippen molar-refractivity contribution >= 4 is 33.7 Å². The molecule has 3 aromatic rings. The number of para-hydroxylation sites is 2. The first-order chi connectivity index (χ1) is 13.0. The number of allylic oxidation sites excluding steroid dienone is 1. The summed E-state index contributed by atoms with van der Waals surface area (Å²) in [5.41, 5.74) is 2.23. The Morgan fingerprint density at radius 3 is 1.96 bits per heavy atom. The lowest BCUT2D eigenvalue weighted by Gasteiger charge is -2.32. The third-order valence-electron chi connectivity index (χ3n) is 5.08. The minimum atomic E-state index is -1.17. The standard InChI is InChI=1S/C22H21NO4/c1-3-22(2)26-20(24)17(21(25)27-22)11-8-14-23-18-12-6-4-9-15(18)16-10-5-7-13-19(16)23/h4-7,9-13H,3,8,14H2,1-2H3. The van der Waals surface area contributed by atoms with Crippen molar-refractivity contribution in [3.05, 3.63) is 60.2 Å². The number of nitrogens with zero attached hydrogens (tertiary/aromatic N) is 1. The van der Waals surface area contributed by atoms with Crippen molar-refractivity contribution in [1.82, 2.24) is 4.57 Å². The highest BCUT2D eigenvalue weighted by atomic mass is 16.7. The number of aromatic nitrogens is 1. The van der Waals surface area contributed by atoms with Crippen LogP contribution in [0.25, 0.3) is 21.8 Å². The van der Waals surface area contributed by atoms with Crippen LogP contribution < -0.4 is 0 Å². The van der Waals surface area contributed by atoms with Gasteiger partial charge in [-0.25, -0.2) is 9.59 Å². The minimum Gasteiger partial charge on any atom is -0.419 e. The fourth-order valence-corrected chi connectivity index (χ4v) is 3.50. The summed E-state index contributed by atoms with van der Waals surface area (Å²) in [7, 11) is 0. The van der Waals surface area contributed by atoms with E-state index in [1.165, 1.54) is 10.8 Å². The number of rotatable bonds is 4. The van der Waals surface area contributed by atoms with E-state index in [9.17, 15) is 9.59 Å². The Kier molecular flexibility index (Phi) is 4.22. The van der Waals surface area contributed by atoms with E-state index in [1.54, 1.807) is 19.9 Å². The SMILES string of the molecule is CCC1(C)OC(=O)C(=CCCn2c3ccccc3c3ccccc32)C(=O)O1. The first-order valence-corrected chi connectivity index (χ1v) is 9.15. The topological polar surface area (TPSA) is 57.5 Å². The molecule has 0 radical (unpaired) electrons. The lowest BCUT2D eigenvalue weighted by atomic mass is 10.1. The number of esters is 2. The number of aryl methyl sites for hydroxylation is 1. The molecule has 27 heavy (non-hydrogen) atoms. The van der Waals surface area contributed by atoms with Gasteiger partial charge in [0.05, 0.1) is 0 Å². The van der Waals surface area contributed by atoms with E-state index in [0.29, 0.717) is 19.4 Å². The normalized spacial score (nSPS) is 20.0. The lowest BCUT2D eigenvalue weighted by Crippen LogP contribution is -2.43. The van der Waals surface area contributed by atoms with E-state index in [1.807, 2.05) is 24.3 Å². The molecule has 1 fully saturated rings. The van der Waals surface area contributed by atoms with Crippen molar-refractivity contribution in [2.75, 3.05) is 0 Å². The number of fused-ring (bicyclic) bond motifs is 3. The largest absolute Gasteiger partial charge is 0.419 e. The molecule has 1 aliphatic heterocycles. The van der Waals surface area contributed by atoms with Gasteiger partial charge in [0.2, 0.25) is 0 Å². The summed E-state index contributed by atoms with van der Waals surface area (Å²) >= 11 is 0. The van der Waals surface area contributed by atoms with Gasteiger partial charge in [-0.1, -0.05) is 49.4 Å². The summed E-state index contributed by atoms with van der Waals surface area (Å²) in [4.78, 5) is 24.4. The molecular weight excluding hydrogens is 342 g/mol. The predicted molar refractivity (Wildman–Crippen MR) is 103 cm³/mol. The number of hydrogen-bond acceptors (Lipinski definition) is 4. The van der Waals surface area contributed by atoms with Gasteiger partial charge < -0.3 is 14.0 Å². The maximum Gasteiger partial charge on any atom is 0.348 e. The molecule has 138 valence electrons. The molecule has 0 amide bonds. The molecule has 4 rings (SSSR count). The van der Waals surface area contributed by atoms with Gasteiger partial charge >= 0.3 is 11.9 Å². The Morgan fingerprint density at radius 1 is 0.926 bits per heavy atom. The van der Waals surface area contributed by atoms with E-state index >= 15 is 0 Å². The summed E-state index contributed by atoms with van der Waals surface area (Å²) in [5.74, 6) is -2.39. The average Bonchev–Trinajstić information content (AvgIpc) is 2.98. The summed E-state index contributed by atoms with van der Waals surface area (Å²) < 4.78 is 12.8. The maximum absolute atomic E-state index is 12.2. The van der Waals surface area contributed by atoms with E-state index in [-0.39, 0.29) is 5.57 Å². The zero-order chi connectivity index (χ0) is 19.0. The van der Waals surface area contributed by atoms with Crippen LogP contribution in [0.5, 0.6) is 0 Å². The lowest BCUT2D eigenvalue weighted by molar-refractivity contribution is -0.229. The van der Waals surface area contributed by atoms with Gasteiger partial charge in [-0.15, -0.1) is 0 Å². The summed E-state index contributed by atoms with van der Waals surface area (Å²) in [5, 5.41) is 2.38. The summed E-state index contributed by atoms with van der Waals surface area (Å²) in [6.07, 6.45) is 2.55. The van der Waals surface area contributed by atoms with Gasteiger partial charge in [0.25, 0.3) is 5.79 Å². The molecule has 5 nitrogen and oxygen atoms in total. The van der Waals surface area contributed by atoms with Crippen LogP contribution in [0.4, 0.5) is 0 Å². The number of carbonyl (C=O) groups is 2. The molecule has 0 N–H and O–H groups in total. The third kappa shape index (κ3) is 2.99. The molecule has 0 unspecified atom stereocenters. The maximum atomic E-state index is 12.2. The molecule has 0 spiro atoms. The smallest absolute Gasteiger partial charge is 0.348 e. The van der Waals surface area contributed by atoms with E-state index in [4.69, 9.17) is 9.47 Å². The third-order valence-corrected chi connectivity index (χ3v) is 5.08. The summed E-state index contributed by atoms with van der Waals surface area (Å²) in [6, 6.07) is 16.5. The van der Waals surface area contributed by atoms with Crippen molar-refractivity contribution in [2.45, 2.75) is 39.0 Å². The molecule has 0 bridgehead atoms. The van der Waals surface area contributed by atoms with Crippen LogP contribution in [0.3, 0.4) is 0 Å². The number of ether oxygens (including phenoxy) is 2. The van der Waals surface area contributed by atoms with Gasteiger partial charge in [-0.2, -0.15) is 0 Å². The zero-order valence-corrected chi connectivity index (χ0v) is 15.4. The fourth-order valence-electron chi connectivity index (χ4n) is 3.50. The highest BCUT2D eigenvalue weighted by molar-refractivity contribution is 6.15. The monoisotopic (exact) mass is 363 g/mol. The van der Waals surface area contributed by atoms with Crippen LogP contribution in [0, 0.1) is 0 Å². The number of carbonyl (C=O) groups excluding carboxylic acids is 2. The molecule has 2 heterocycles. The Labute approximate surface area is 157 Å². The van der Waals surface area contributed by atoms with Gasteiger partial charge in [0.15, 0.2) is 0 Å². The first kappa shape index (κ1) is 17.3. The zero-order valence-electron chi connectivity index (χ0n) is 15.4. The molecule has 1 aliphatic rings. The predicted octanol–water partition coefficient (Wildman–Crippen LogP) is 4.34. The van der Waals surface area contributed by atoms with Crippen LogP contribution in [0.2, 0.25) is 0 Å². The van der Waals surface area contributed by atoms with Crippen LogP contribution in [-0.4, -0.2) is 22.3 Å². The molecule has 0 saturated carbocycles. The van der Waals surface area contributed by atoms with Gasteiger partial charge in [-0.05, 0) is 18.6 Å².